The van der Waals surface area contributed by atoms with Gasteiger partial charge in [-0.25, -0.2) is 0 Å². The van der Waals surface area contributed by atoms with Gasteiger partial charge in [0.15, 0.2) is 0 Å². The lowest BCUT2D eigenvalue weighted by Crippen LogP contribution is -2.29. The van der Waals surface area contributed by atoms with E-state index in [0.717, 1.165) is 17.3 Å². The van der Waals surface area contributed by atoms with E-state index in [4.69, 9.17) is 17.3 Å². The number of hydrogen-bond acceptors (Lipinski definition) is 3. The van der Waals surface area contributed by atoms with Crippen LogP contribution >= 0.6 is 22.9 Å². The standard InChI is InChI=1S/C16H21ClN2S/c1-3-12-4-6-13(7-5-12)15(10-18)19(2)11-14-8-9-16(17)20-14/h4-9,15H,3,10-11,18H2,1-2H3. The summed E-state index contributed by atoms with van der Waals surface area (Å²) in [6.07, 6.45) is 1.07. The van der Waals surface area contributed by atoms with Gasteiger partial charge in [0.25, 0.3) is 0 Å². The van der Waals surface area contributed by atoms with Crippen LogP contribution in [0, 0.1) is 0 Å². The predicted molar refractivity (Wildman–Crippen MR) is 88.4 cm³/mol. The van der Waals surface area contributed by atoms with E-state index in [1.54, 1.807) is 11.3 Å². The molecule has 0 saturated heterocycles. The second-order valence-electron chi connectivity index (χ2n) is 4.97. The molecular weight excluding hydrogens is 288 g/mol. The number of halogens is 1. The van der Waals surface area contributed by atoms with Crippen LogP contribution in [0.4, 0.5) is 0 Å². The van der Waals surface area contributed by atoms with Crippen LogP contribution in [-0.4, -0.2) is 18.5 Å². The molecule has 1 unspecified atom stereocenters. The van der Waals surface area contributed by atoms with Crippen molar-refractivity contribution in [3.8, 4) is 0 Å². The Morgan fingerprint density at radius 2 is 1.90 bits per heavy atom. The average Bonchev–Trinajstić information content (AvgIpc) is 2.85. The topological polar surface area (TPSA) is 29.3 Å². The second kappa shape index (κ2) is 7.23. The van der Waals surface area contributed by atoms with Gasteiger partial charge in [0, 0.05) is 24.0 Å². The van der Waals surface area contributed by atoms with Gasteiger partial charge < -0.3 is 5.73 Å². The first-order chi connectivity index (χ1) is 9.63. The lowest BCUT2D eigenvalue weighted by Gasteiger charge is -2.27. The van der Waals surface area contributed by atoms with Crippen molar-refractivity contribution in [1.29, 1.82) is 0 Å². The monoisotopic (exact) mass is 308 g/mol. The van der Waals surface area contributed by atoms with Crippen molar-refractivity contribution < 1.29 is 0 Å². The van der Waals surface area contributed by atoms with Crippen molar-refractivity contribution in [2.24, 2.45) is 5.73 Å². The van der Waals surface area contributed by atoms with E-state index in [2.05, 4.69) is 49.2 Å². The fourth-order valence-electron chi connectivity index (χ4n) is 2.34. The fraction of sp³-hybridized carbons (Fsp3) is 0.375. The minimum atomic E-state index is 0.238. The molecule has 0 aliphatic carbocycles. The molecule has 108 valence electrons. The van der Waals surface area contributed by atoms with Gasteiger partial charge in [-0.3, -0.25) is 4.90 Å². The van der Waals surface area contributed by atoms with Gasteiger partial charge in [-0.05, 0) is 36.7 Å². The van der Waals surface area contributed by atoms with Crippen LogP contribution in [0.15, 0.2) is 36.4 Å². The molecule has 4 heteroatoms. The number of nitrogens with zero attached hydrogens (tertiary/aromatic N) is 1. The van der Waals surface area contributed by atoms with Crippen LogP contribution in [0.1, 0.15) is 29.0 Å². The number of likely N-dealkylation sites (N-methyl/N-ethyl adjacent to an activating group) is 1. The van der Waals surface area contributed by atoms with Gasteiger partial charge in [-0.2, -0.15) is 0 Å². The van der Waals surface area contributed by atoms with E-state index in [1.165, 1.54) is 16.0 Å². The number of benzene rings is 1. The molecule has 0 aliphatic rings. The maximum Gasteiger partial charge on any atom is 0.0931 e. The third-order valence-corrected chi connectivity index (χ3v) is 4.78. The molecule has 1 atom stereocenters. The summed E-state index contributed by atoms with van der Waals surface area (Å²) in [5.74, 6) is 0. The Bertz CT molecular complexity index is 536. The van der Waals surface area contributed by atoms with Gasteiger partial charge in [-0.15, -0.1) is 11.3 Å². The first-order valence-electron chi connectivity index (χ1n) is 6.87. The molecule has 0 spiro atoms. The third-order valence-electron chi connectivity index (χ3n) is 3.56. The second-order valence-corrected chi connectivity index (χ2v) is 6.77. The summed E-state index contributed by atoms with van der Waals surface area (Å²) in [4.78, 5) is 3.55. The Labute approximate surface area is 130 Å². The SMILES string of the molecule is CCc1ccc(C(CN)N(C)Cc2ccc(Cl)s2)cc1. The van der Waals surface area contributed by atoms with Gasteiger partial charge in [0.2, 0.25) is 0 Å². The van der Waals surface area contributed by atoms with Crippen molar-refractivity contribution in [3.63, 3.8) is 0 Å². The molecule has 0 amide bonds. The molecule has 1 heterocycles. The molecule has 0 radical (unpaired) electrons. The third kappa shape index (κ3) is 3.83. The Balaban J connectivity index is 2.09. The molecule has 2 N–H and O–H groups in total. The minimum absolute atomic E-state index is 0.238. The first-order valence-corrected chi connectivity index (χ1v) is 8.06. The molecular formula is C16H21ClN2S. The number of aryl methyl sites for hydroxylation is 1. The summed E-state index contributed by atoms with van der Waals surface area (Å²) < 4.78 is 0.838. The predicted octanol–water partition coefficient (Wildman–Crippen LogP) is 4.10. The lowest BCUT2D eigenvalue weighted by atomic mass is 10.0. The minimum Gasteiger partial charge on any atom is -0.329 e. The van der Waals surface area contributed by atoms with E-state index in [0.29, 0.717) is 6.54 Å². The molecule has 0 saturated carbocycles. The maximum absolute atomic E-state index is 5.98. The first kappa shape index (κ1) is 15.5. The number of hydrogen-bond donors (Lipinski definition) is 1. The molecule has 20 heavy (non-hydrogen) atoms. The van der Waals surface area contributed by atoms with E-state index >= 15 is 0 Å². The van der Waals surface area contributed by atoms with Gasteiger partial charge in [-0.1, -0.05) is 42.8 Å². The summed E-state index contributed by atoms with van der Waals surface area (Å²) in [5, 5.41) is 0. The van der Waals surface area contributed by atoms with Gasteiger partial charge >= 0.3 is 0 Å². The summed E-state index contributed by atoms with van der Waals surface area (Å²) in [7, 11) is 2.11. The summed E-state index contributed by atoms with van der Waals surface area (Å²) >= 11 is 7.61. The summed E-state index contributed by atoms with van der Waals surface area (Å²) in [6, 6.07) is 13.0. The lowest BCUT2D eigenvalue weighted by molar-refractivity contribution is 0.244. The normalized spacial score (nSPS) is 12.8. The average molecular weight is 309 g/mol. The van der Waals surface area contributed by atoms with Crippen molar-refractivity contribution in [2.45, 2.75) is 25.9 Å². The van der Waals surface area contributed by atoms with Crippen LogP contribution in [0.25, 0.3) is 0 Å². The quantitative estimate of drug-likeness (QED) is 0.870. The number of rotatable bonds is 6. The van der Waals surface area contributed by atoms with Gasteiger partial charge in [0.1, 0.15) is 0 Å². The molecule has 2 rings (SSSR count). The van der Waals surface area contributed by atoms with E-state index in [9.17, 15) is 0 Å². The zero-order valence-electron chi connectivity index (χ0n) is 12.0. The zero-order chi connectivity index (χ0) is 14.5. The van der Waals surface area contributed by atoms with Crippen LogP contribution < -0.4 is 5.73 Å². The molecule has 0 aliphatic heterocycles. The van der Waals surface area contributed by atoms with E-state index in [-0.39, 0.29) is 6.04 Å². The highest BCUT2D eigenvalue weighted by Crippen LogP contribution is 2.26. The van der Waals surface area contributed by atoms with Gasteiger partial charge in [0.05, 0.1) is 4.34 Å². The van der Waals surface area contributed by atoms with Crippen LogP contribution in [-0.2, 0) is 13.0 Å². The van der Waals surface area contributed by atoms with Crippen molar-refractivity contribution in [3.05, 3.63) is 56.7 Å². The molecule has 0 fully saturated rings. The Kier molecular flexibility index (Phi) is 5.61. The largest absolute Gasteiger partial charge is 0.329 e. The highest BCUT2D eigenvalue weighted by Gasteiger charge is 2.16. The van der Waals surface area contributed by atoms with E-state index in [1.807, 2.05) is 6.07 Å². The molecule has 1 aromatic carbocycles. The molecule has 1 aromatic heterocycles. The molecule has 2 aromatic rings. The van der Waals surface area contributed by atoms with Crippen molar-refractivity contribution in [2.75, 3.05) is 13.6 Å². The van der Waals surface area contributed by atoms with Crippen molar-refractivity contribution >= 4 is 22.9 Å². The molecule has 2 nitrogen and oxygen atoms in total. The Morgan fingerprint density at radius 1 is 1.20 bits per heavy atom. The van der Waals surface area contributed by atoms with E-state index < -0.39 is 0 Å². The number of nitrogens with two attached hydrogens (primary N) is 1. The molecule has 0 bridgehead atoms. The summed E-state index contributed by atoms with van der Waals surface area (Å²) in [6.45, 7) is 3.65. The summed E-state index contributed by atoms with van der Waals surface area (Å²) in [5.41, 5.74) is 8.60. The Hall–Kier alpha value is -0.870. The highest BCUT2D eigenvalue weighted by molar-refractivity contribution is 7.16. The van der Waals surface area contributed by atoms with Crippen molar-refractivity contribution in [1.82, 2.24) is 4.90 Å². The van der Waals surface area contributed by atoms with Crippen LogP contribution in [0.5, 0.6) is 0 Å². The van der Waals surface area contributed by atoms with Crippen LogP contribution in [0.2, 0.25) is 4.34 Å². The highest BCUT2D eigenvalue weighted by atomic mass is 35.5. The fourth-order valence-corrected chi connectivity index (χ4v) is 3.49. The van der Waals surface area contributed by atoms with Crippen LogP contribution in [0.3, 0.4) is 0 Å². The smallest absolute Gasteiger partial charge is 0.0931 e. The Morgan fingerprint density at radius 3 is 2.40 bits per heavy atom. The number of thiophene rings is 1. The maximum atomic E-state index is 5.98. The zero-order valence-corrected chi connectivity index (χ0v) is 13.5.